The van der Waals surface area contributed by atoms with Gasteiger partial charge in [0, 0.05) is 23.5 Å². The maximum absolute atomic E-state index is 13.8. The van der Waals surface area contributed by atoms with E-state index in [1.54, 1.807) is 0 Å². The number of anilines is 1. The summed E-state index contributed by atoms with van der Waals surface area (Å²) >= 11 is 5.78. The molecule has 0 bridgehead atoms. The number of hydrogen-bond acceptors (Lipinski definition) is 5. The van der Waals surface area contributed by atoms with Crippen LogP contribution >= 0.6 is 11.6 Å². The molecule has 1 N–H and O–H groups in total. The molecule has 172 valence electrons. The zero-order chi connectivity index (χ0) is 24.4. The van der Waals surface area contributed by atoms with Crippen LogP contribution in [0, 0.1) is 11.6 Å². The van der Waals surface area contributed by atoms with Crippen molar-refractivity contribution in [2.75, 3.05) is 4.90 Å². The number of carbonyl (C=O) groups is 4. The third kappa shape index (κ3) is 4.48. The Morgan fingerprint density at radius 1 is 1.03 bits per heavy atom. The van der Waals surface area contributed by atoms with Crippen molar-refractivity contribution in [3.05, 3.63) is 94.8 Å². The van der Waals surface area contributed by atoms with Gasteiger partial charge in [0.05, 0.1) is 17.1 Å². The van der Waals surface area contributed by atoms with Crippen molar-refractivity contribution < 1.29 is 28.0 Å². The monoisotopic (exact) mass is 484 g/mol. The molecule has 2 aromatic carbocycles. The fraction of sp³-hybridized carbons (Fsp3) is 0.0870. The first kappa shape index (κ1) is 23.0. The molecule has 1 fully saturated rings. The Kier molecular flexibility index (Phi) is 6.33. The van der Waals surface area contributed by atoms with E-state index in [2.05, 4.69) is 10.4 Å². The van der Waals surface area contributed by atoms with Crippen LogP contribution in [0.15, 0.2) is 67.0 Å². The van der Waals surface area contributed by atoms with Crippen LogP contribution < -0.4 is 10.3 Å². The third-order valence-corrected chi connectivity index (χ3v) is 5.34. The van der Waals surface area contributed by atoms with Gasteiger partial charge in [-0.2, -0.15) is 0 Å². The van der Waals surface area contributed by atoms with Crippen LogP contribution in [0.2, 0.25) is 5.02 Å². The molecule has 8 nitrogen and oxygen atoms in total. The molecule has 0 radical (unpaired) electrons. The minimum Gasteiger partial charge on any atom is -0.274 e. The summed E-state index contributed by atoms with van der Waals surface area (Å²) < 4.78 is 27.3. The molecule has 4 rings (SSSR count). The number of rotatable bonds is 4. The lowest BCUT2D eigenvalue weighted by Gasteiger charge is -2.28. The number of nitrogens with one attached hydrogen (secondary N) is 1. The van der Waals surface area contributed by atoms with E-state index in [-0.39, 0.29) is 21.8 Å². The van der Waals surface area contributed by atoms with Gasteiger partial charge in [-0.3, -0.25) is 29.6 Å². The smallest absolute Gasteiger partial charge is 0.273 e. The molecule has 1 saturated heterocycles. The summed E-state index contributed by atoms with van der Waals surface area (Å²) in [6, 6.07) is 9.26. The second-order valence-electron chi connectivity index (χ2n) is 7.25. The number of carbonyl (C=O) groups excluding carboxylic acids is 4. The van der Waals surface area contributed by atoms with Crippen molar-refractivity contribution in [3.63, 3.8) is 0 Å². The number of amides is 4. The van der Waals surface area contributed by atoms with Gasteiger partial charge in [-0.05, 0) is 48.5 Å². The second-order valence-corrected chi connectivity index (χ2v) is 7.66. The number of nitrogens with zero attached hydrogens (tertiary/aromatic N) is 3. The Hall–Kier alpha value is -4.18. The van der Waals surface area contributed by atoms with Crippen molar-refractivity contribution in [2.45, 2.75) is 12.5 Å². The Balaban J connectivity index is 1.69. The quantitative estimate of drug-likeness (QED) is 0.453. The predicted molar refractivity (Wildman–Crippen MR) is 117 cm³/mol. The van der Waals surface area contributed by atoms with Gasteiger partial charge in [0.2, 0.25) is 5.91 Å². The molecule has 1 aliphatic rings. The van der Waals surface area contributed by atoms with E-state index >= 15 is 0 Å². The minimum atomic E-state index is -1.45. The molecule has 1 aromatic heterocycles. The summed E-state index contributed by atoms with van der Waals surface area (Å²) in [7, 11) is 0. The Bertz CT molecular complexity index is 1310. The maximum Gasteiger partial charge on any atom is 0.273 e. The summed E-state index contributed by atoms with van der Waals surface area (Å²) in [5.41, 5.74) is 2.32. The van der Waals surface area contributed by atoms with Gasteiger partial charge in [0.25, 0.3) is 17.7 Å². The SMILES string of the molecule is O=C(NN(C(=O)c1cccc(F)c1)C1CC(=O)N(c2ccc(F)c(Cl)c2)C1=O)c1ccncc1. The summed E-state index contributed by atoms with van der Waals surface area (Å²) in [4.78, 5) is 56.5. The molecule has 34 heavy (non-hydrogen) atoms. The van der Waals surface area contributed by atoms with Crippen LogP contribution in [0.3, 0.4) is 0 Å². The summed E-state index contributed by atoms with van der Waals surface area (Å²) in [6.07, 6.45) is 2.24. The second kappa shape index (κ2) is 9.36. The number of hydrazine groups is 1. The molecule has 1 atom stereocenters. The van der Waals surface area contributed by atoms with Crippen molar-refractivity contribution in [3.8, 4) is 0 Å². The van der Waals surface area contributed by atoms with Gasteiger partial charge in [-0.15, -0.1) is 0 Å². The molecule has 1 aliphatic heterocycles. The number of benzene rings is 2. The average molecular weight is 485 g/mol. The van der Waals surface area contributed by atoms with Crippen LogP contribution in [-0.2, 0) is 9.59 Å². The highest BCUT2D eigenvalue weighted by Gasteiger charge is 2.45. The van der Waals surface area contributed by atoms with Crippen LogP contribution in [0.1, 0.15) is 27.1 Å². The van der Waals surface area contributed by atoms with Gasteiger partial charge >= 0.3 is 0 Å². The van der Waals surface area contributed by atoms with E-state index in [1.807, 2.05) is 0 Å². The summed E-state index contributed by atoms with van der Waals surface area (Å²) in [6.45, 7) is 0. The molecular weight excluding hydrogens is 470 g/mol. The Morgan fingerprint density at radius 3 is 2.44 bits per heavy atom. The highest BCUT2D eigenvalue weighted by atomic mass is 35.5. The molecule has 1 unspecified atom stereocenters. The molecular formula is C23H15ClF2N4O4. The van der Waals surface area contributed by atoms with E-state index in [1.165, 1.54) is 42.7 Å². The number of imide groups is 1. The summed E-state index contributed by atoms with van der Waals surface area (Å²) in [5.74, 6) is -4.67. The minimum absolute atomic E-state index is 0.00233. The topological polar surface area (TPSA) is 99.7 Å². The van der Waals surface area contributed by atoms with Gasteiger partial charge in [-0.1, -0.05) is 17.7 Å². The third-order valence-electron chi connectivity index (χ3n) is 5.05. The number of halogens is 3. The van der Waals surface area contributed by atoms with E-state index in [9.17, 15) is 28.0 Å². The highest BCUT2D eigenvalue weighted by molar-refractivity contribution is 6.31. The zero-order valence-electron chi connectivity index (χ0n) is 17.2. The van der Waals surface area contributed by atoms with E-state index in [0.717, 1.165) is 29.2 Å². The Morgan fingerprint density at radius 2 is 1.76 bits per heavy atom. The molecule has 4 amide bonds. The summed E-state index contributed by atoms with van der Waals surface area (Å²) in [5, 5.41) is 0.392. The first-order valence-electron chi connectivity index (χ1n) is 9.88. The van der Waals surface area contributed by atoms with E-state index in [0.29, 0.717) is 5.01 Å². The predicted octanol–water partition coefficient (Wildman–Crippen LogP) is 3.13. The normalized spacial score (nSPS) is 15.4. The molecule has 0 saturated carbocycles. The zero-order valence-corrected chi connectivity index (χ0v) is 18.0. The lowest BCUT2D eigenvalue weighted by atomic mass is 10.1. The Labute approximate surface area is 196 Å². The molecule has 11 heteroatoms. The fourth-order valence-corrected chi connectivity index (χ4v) is 3.60. The fourth-order valence-electron chi connectivity index (χ4n) is 3.42. The van der Waals surface area contributed by atoms with E-state index in [4.69, 9.17) is 11.6 Å². The van der Waals surface area contributed by atoms with Crippen molar-refractivity contribution in [1.82, 2.24) is 15.4 Å². The van der Waals surface area contributed by atoms with Crippen LogP contribution in [0.5, 0.6) is 0 Å². The largest absolute Gasteiger partial charge is 0.274 e. The first-order valence-corrected chi connectivity index (χ1v) is 10.3. The van der Waals surface area contributed by atoms with Crippen molar-refractivity contribution >= 4 is 40.9 Å². The van der Waals surface area contributed by atoms with Crippen LogP contribution in [-0.4, -0.2) is 39.7 Å². The average Bonchev–Trinajstić information content (AvgIpc) is 3.12. The van der Waals surface area contributed by atoms with Crippen molar-refractivity contribution in [1.29, 1.82) is 0 Å². The van der Waals surface area contributed by atoms with Crippen LogP contribution in [0.4, 0.5) is 14.5 Å². The maximum atomic E-state index is 13.8. The molecule has 0 aliphatic carbocycles. The van der Waals surface area contributed by atoms with Gasteiger partial charge in [-0.25, -0.2) is 18.7 Å². The highest BCUT2D eigenvalue weighted by Crippen LogP contribution is 2.29. The van der Waals surface area contributed by atoms with Gasteiger partial charge in [0.1, 0.15) is 17.7 Å². The lowest BCUT2D eigenvalue weighted by molar-refractivity contribution is -0.122. The molecule has 0 spiro atoms. The van der Waals surface area contributed by atoms with Gasteiger partial charge in [0.15, 0.2) is 0 Å². The lowest BCUT2D eigenvalue weighted by Crippen LogP contribution is -2.54. The number of hydrogen-bond donors (Lipinski definition) is 1. The molecule has 2 heterocycles. The molecule has 3 aromatic rings. The first-order chi connectivity index (χ1) is 16.3. The number of aromatic nitrogens is 1. The number of pyridine rings is 1. The van der Waals surface area contributed by atoms with Gasteiger partial charge < -0.3 is 0 Å². The van der Waals surface area contributed by atoms with Crippen LogP contribution in [0.25, 0.3) is 0 Å². The van der Waals surface area contributed by atoms with E-state index < -0.39 is 47.7 Å². The standard InChI is InChI=1S/C23H15ClF2N4O4/c24-17-11-16(4-5-18(17)26)29-20(31)12-19(23(29)34)30(22(33)14-2-1-3-15(25)10-14)28-21(32)13-6-8-27-9-7-13/h1-11,19H,12H2,(H,28,32). The van der Waals surface area contributed by atoms with Crippen molar-refractivity contribution in [2.24, 2.45) is 0 Å².